The van der Waals surface area contributed by atoms with Gasteiger partial charge in [0.2, 0.25) is 25.0 Å². The molecule has 0 aliphatic rings. The highest BCUT2D eigenvalue weighted by Crippen LogP contribution is 2.35. The lowest BCUT2D eigenvalue weighted by Crippen LogP contribution is -2.31. The van der Waals surface area contributed by atoms with Crippen molar-refractivity contribution in [2.75, 3.05) is 7.11 Å². The van der Waals surface area contributed by atoms with Crippen LogP contribution in [0.25, 0.3) is 22.3 Å². The van der Waals surface area contributed by atoms with Gasteiger partial charge in [-0.05, 0) is 83.2 Å². The molecule has 0 aliphatic heterocycles. The molecule has 0 bridgehead atoms. The van der Waals surface area contributed by atoms with Gasteiger partial charge in [-0.25, -0.2) is 0 Å². The maximum absolute atomic E-state index is 6.45. The summed E-state index contributed by atoms with van der Waals surface area (Å²) in [6.45, 7) is 19.4. The minimum absolute atomic E-state index is 0.639. The van der Waals surface area contributed by atoms with E-state index < -0.39 is 25.0 Å². The summed E-state index contributed by atoms with van der Waals surface area (Å²) in [4.78, 5) is 5.20. The topological polar surface area (TPSA) is 62.4 Å². The Morgan fingerprint density at radius 2 is 1.24 bits per heavy atom. The number of benzene rings is 2. The van der Waals surface area contributed by atoms with Crippen molar-refractivity contribution < 1.29 is 22.5 Å². The Morgan fingerprint density at radius 3 is 1.76 bits per heavy atom. The zero-order valence-corrected chi connectivity index (χ0v) is 25.0. The Labute approximate surface area is 205 Å². The molecule has 6 nitrogen and oxygen atoms in total. The van der Waals surface area contributed by atoms with Crippen LogP contribution in [0.4, 0.5) is 0 Å². The van der Waals surface area contributed by atoms with E-state index in [-0.39, 0.29) is 0 Å². The molecule has 0 amide bonds. The molecule has 0 spiro atoms. The molecule has 2 aromatic carbocycles. The van der Waals surface area contributed by atoms with Gasteiger partial charge in [0.25, 0.3) is 0 Å². The average Bonchev–Trinajstić information content (AvgIpc) is 2.64. The van der Waals surface area contributed by atoms with Crippen molar-refractivity contribution in [2.45, 2.75) is 58.9 Å². The van der Waals surface area contributed by atoms with Crippen LogP contribution in [0, 0.1) is 0 Å². The third-order valence-corrected chi connectivity index (χ3v) is 6.90. The first kappa shape index (κ1) is 26.1. The van der Waals surface area contributed by atoms with E-state index in [1.807, 2.05) is 42.5 Å². The minimum Gasteiger partial charge on any atom is -0.544 e. The fraction of sp³-hybridized carbons (Fsp3) is 0.400. The molecule has 3 rings (SSSR count). The van der Waals surface area contributed by atoms with Crippen LogP contribution in [0.2, 0.25) is 58.9 Å². The first-order valence-corrected chi connectivity index (χ1v) is 21.7. The zero-order valence-electron chi connectivity index (χ0n) is 22.0. The summed E-state index contributed by atoms with van der Waals surface area (Å²) in [5.41, 5.74) is 1.56. The second-order valence-electron chi connectivity index (χ2n) is 11.2. The largest absolute Gasteiger partial charge is 0.544 e. The van der Waals surface area contributed by atoms with Gasteiger partial charge in [0.15, 0.2) is 0 Å². The molecule has 9 heteroatoms. The van der Waals surface area contributed by atoms with Crippen molar-refractivity contribution in [1.29, 1.82) is 0 Å². The highest BCUT2D eigenvalue weighted by atomic mass is 28.4. The second kappa shape index (κ2) is 9.63. The van der Waals surface area contributed by atoms with E-state index in [9.17, 15) is 0 Å². The molecule has 3 aromatic rings. The predicted octanol–water partition coefficient (Wildman–Crippen LogP) is 7.20. The summed E-state index contributed by atoms with van der Waals surface area (Å²) in [7, 11) is -3.91. The molecule has 0 radical (unpaired) electrons. The highest BCUT2D eigenvalue weighted by molar-refractivity contribution is 6.71. The summed E-state index contributed by atoms with van der Waals surface area (Å²) in [6.07, 6.45) is 0. The van der Waals surface area contributed by atoms with Crippen molar-refractivity contribution in [3.8, 4) is 28.6 Å². The third-order valence-electron chi connectivity index (χ3n) is 4.38. The molecule has 0 N–H and O–H groups in total. The zero-order chi connectivity index (χ0) is 25.3. The van der Waals surface area contributed by atoms with Crippen LogP contribution in [0.5, 0.6) is 17.2 Å². The summed E-state index contributed by atoms with van der Waals surface area (Å²) in [5, 5.41) is 5.73. The highest BCUT2D eigenvalue weighted by Gasteiger charge is 2.23. The fourth-order valence-corrected chi connectivity index (χ4v) is 5.91. The van der Waals surface area contributed by atoms with Gasteiger partial charge >= 0.3 is 0 Å². The van der Waals surface area contributed by atoms with E-state index in [4.69, 9.17) is 22.5 Å². The summed E-state index contributed by atoms with van der Waals surface area (Å²) >= 11 is 0. The molecule has 34 heavy (non-hydrogen) atoms. The second-order valence-corrected chi connectivity index (χ2v) is 24.5. The number of hydrogen-bond acceptors (Lipinski definition) is 6. The lowest BCUT2D eigenvalue weighted by Gasteiger charge is -2.24. The Morgan fingerprint density at radius 1 is 0.676 bits per heavy atom. The Balaban J connectivity index is 2.21. The van der Waals surface area contributed by atoms with Crippen molar-refractivity contribution in [3.05, 3.63) is 47.8 Å². The molecule has 0 aliphatic carbocycles. The monoisotopic (exact) mass is 515 g/mol. The Hall–Kier alpha value is -2.50. The summed E-state index contributed by atoms with van der Waals surface area (Å²) in [6, 6.07) is 13.7. The molecule has 184 valence electrons. The Bertz CT molecular complexity index is 1220. The SMILES string of the molecule is CO/N=c1\cc(-c2ccc(O[Si](C)(C)C)cc2)oc2cc(O[Si](C)(C)C)cc(O[Si](C)(C)C)c12. The van der Waals surface area contributed by atoms with Gasteiger partial charge in [-0.15, -0.1) is 0 Å². The van der Waals surface area contributed by atoms with Gasteiger partial charge < -0.3 is 22.5 Å². The molecule has 0 unspecified atom stereocenters. The first-order chi connectivity index (χ1) is 15.6. The quantitative estimate of drug-likeness (QED) is 0.234. The van der Waals surface area contributed by atoms with Crippen LogP contribution in [0.1, 0.15) is 0 Å². The number of hydrogen-bond donors (Lipinski definition) is 0. The molecule has 1 heterocycles. The lowest BCUT2D eigenvalue weighted by molar-refractivity contribution is 0.201. The average molecular weight is 516 g/mol. The van der Waals surface area contributed by atoms with Gasteiger partial charge in [0.1, 0.15) is 41.1 Å². The van der Waals surface area contributed by atoms with Crippen molar-refractivity contribution in [3.63, 3.8) is 0 Å². The predicted molar refractivity (Wildman–Crippen MR) is 146 cm³/mol. The van der Waals surface area contributed by atoms with Crippen LogP contribution in [0.3, 0.4) is 0 Å². The van der Waals surface area contributed by atoms with Crippen molar-refractivity contribution in [2.24, 2.45) is 5.16 Å². The lowest BCUT2D eigenvalue weighted by atomic mass is 10.1. The van der Waals surface area contributed by atoms with Crippen LogP contribution in [0.15, 0.2) is 52.0 Å². The van der Waals surface area contributed by atoms with Crippen molar-refractivity contribution >= 4 is 35.9 Å². The van der Waals surface area contributed by atoms with Gasteiger partial charge in [-0.3, -0.25) is 0 Å². The van der Waals surface area contributed by atoms with E-state index >= 15 is 0 Å². The van der Waals surface area contributed by atoms with Crippen LogP contribution in [-0.4, -0.2) is 32.1 Å². The number of nitrogens with zero attached hydrogens (tertiary/aromatic N) is 1. The van der Waals surface area contributed by atoms with Crippen LogP contribution < -0.4 is 18.6 Å². The number of fused-ring (bicyclic) bond motifs is 1. The standard InChI is InChI=1S/C25H37NO5Si3/c1-27-26-21-17-22(18-11-13-19(14-12-18)29-32(2,3)4)28-23-15-20(30-33(5,6)7)16-24(25(21)23)31-34(8,9)10/h11-17H,1-10H3/b26-21+. The molecule has 1 aromatic heterocycles. The van der Waals surface area contributed by atoms with Crippen molar-refractivity contribution in [1.82, 2.24) is 0 Å². The van der Waals surface area contributed by atoms with E-state index in [0.717, 1.165) is 22.4 Å². The first-order valence-electron chi connectivity index (χ1n) is 11.5. The van der Waals surface area contributed by atoms with Crippen LogP contribution in [-0.2, 0) is 4.84 Å². The maximum Gasteiger partial charge on any atom is 0.242 e. The summed E-state index contributed by atoms with van der Waals surface area (Å²) in [5.74, 6) is 2.98. The van der Waals surface area contributed by atoms with Gasteiger partial charge in [0, 0.05) is 23.8 Å². The number of rotatable bonds is 8. The van der Waals surface area contributed by atoms with Gasteiger partial charge in [-0.2, -0.15) is 0 Å². The van der Waals surface area contributed by atoms with Crippen LogP contribution >= 0.6 is 0 Å². The normalized spacial score (nSPS) is 13.2. The van der Waals surface area contributed by atoms with Gasteiger partial charge in [0.05, 0.1) is 5.39 Å². The molecule has 0 saturated heterocycles. The molecule has 0 atom stereocenters. The third kappa shape index (κ3) is 7.25. The van der Waals surface area contributed by atoms with E-state index in [2.05, 4.69) is 64.1 Å². The smallest absolute Gasteiger partial charge is 0.242 e. The fourth-order valence-electron chi connectivity index (χ4n) is 3.42. The molecular formula is C25H37NO5Si3. The van der Waals surface area contributed by atoms with E-state index in [1.54, 1.807) is 7.11 Å². The summed E-state index contributed by atoms with van der Waals surface area (Å²) < 4.78 is 25.3. The Kier molecular flexibility index (Phi) is 7.40. The molecule has 0 fully saturated rings. The minimum atomic E-state index is -1.93. The van der Waals surface area contributed by atoms with E-state index in [1.165, 1.54) is 0 Å². The molecule has 0 saturated carbocycles. The maximum atomic E-state index is 6.45. The molecular weight excluding hydrogens is 479 g/mol. The van der Waals surface area contributed by atoms with E-state index in [0.29, 0.717) is 22.5 Å². The van der Waals surface area contributed by atoms with Gasteiger partial charge in [-0.1, -0.05) is 5.16 Å².